The zero-order valence-electron chi connectivity index (χ0n) is 30.2. The molecule has 0 N–H and O–H groups in total. The molecular weight excluding hydrogens is 673 g/mol. The summed E-state index contributed by atoms with van der Waals surface area (Å²) in [4.78, 5) is 0. The van der Waals surface area contributed by atoms with E-state index in [1.54, 1.807) is 0 Å². The van der Waals surface area contributed by atoms with Crippen molar-refractivity contribution in [1.29, 1.82) is 0 Å². The van der Waals surface area contributed by atoms with Crippen molar-refractivity contribution in [2.75, 3.05) is 0 Å². The maximum Gasteiger partial charge on any atom is 0.136 e. The lowest BCUT2D eigenvalue weighted by atomic mass is 9.82. The van der Waals surface area contributed by atoms with Gasteiger partial charge in [0, 0.05) is 36.3 Å². The van der Waals surface area contributed by atoms with Crippen LogP contribution in [0.3, 0.4) is 0 Å². The van der Waals surface area contributed by atoms with Crippen molar-refractivity contribution in [2.24, 2.45) is 0 Å². The van der Waals surface area contributed by atoms with E-state index in [0.29, 0.717) is 0 Å². The summed E-state index contributed by atoms with van der Waals surface area (Å²) < 4.78 is 8.91. The summed E-state index contributed by atoms with van der Waals surface area (Å²) in [7, 11) is 0. The summed E-state index contributed by atoms with van der Waals surface area (Å²) in [6.45, 7) is 13.5. The Morgan fingerprint density at radius 3 is 1.98 bits per heavy atom. The molecule has 0 radical (unpaired) electrons. The highest BCUT2D eigenvalue weighted by molar-refractivity contribution is 7.26. The second-order valence-corrected chi connectivity index (χ2v) is 15.2. The lowest BCUT2D eigenvalue weighted by Crippen LogP contribution is -1.98. The van der Waals surface area contributed by atoms with Crippen LogP contribution in [0.2, 0.25) is 0 Å². The fraction of sp³-hybridized carbons (Fsp3) is 0.0385. The van der Waals surface area contributed by atoms with Crippen LogP contribution >= 0.6 is 11.3 Å². The third kappa shape index (κ3) is 4.84. The highest BCUT2D eigenvalue weighted by atomic mass is 32.1. The normalized spacial score (nSPS) is 12.4. The van der Waals surface area contributed by atoms with Gasteiger partial charge in [0.15, 0.2) is 0 Å². The van der Waals surface area contributed by atoms with Gasteiger partial charge in [-0.15, -0.1) is 11.3 Å². The SMILES string of the molecule is C=C(/C(C)=C/C=C\C)c1ccccc1C(=C)c1c2ccccc2c(-c2ccc3sc4c(ccc5ccc6oc7ccccc7c6c54)c3c2)c2ccccc12. The smallest absolute Gasteiger partial charge is 0.136 e. The van der Waals surface area contributed by atoms with Gasteiger partial charge in [-0.05, 0) is 110 Å². The molecule has 0 atom stereocenters. The summed E-state index contributed by atoms with van der Waals surface area (Å²) in [6, 6.07) is 50.5. The van der Waals surface area contributed by atoms with Crippen molar-refractivity contribution in [2.45, 2.75) is 13.8 Å². The van der Waals surface area contributed by atoms with Crippen molar-refractivity contribution < 1.29 is 4.42 Å². The molecule has 0 aliphatic rings. The highest BCUT2D eigenvalue weighted by Gasteiger charge is 2.21. The second kappa shape index (κ2) is 12.6. The molecule has 0 saturated heterocycles. The lowest BCUT2D eigenvalue weighted by Gasteiger charge is -2.21. The molecule has 10 aromatic rings. The van der Waals surface area contributed by atoms with Crippen LogP contribution in [0.4, 0.5) is 0 Å². The van der Waals surface area contributed by atoms with Crippen LogP contribution in [0.5, 0.6) is 0 Å². The van der Waals surface area contributed by atoms with Crippen LogP contribution in [0.1, 0.15) is 30.5 Å². The van der Waals surface area contributed by atoms with Gasteiger partial charge in [-0.2, -0.15) is 0 Å². The Kier molecular flexibility index (Phi) is 7.50. The van der Waals surface area contributed by atoms with Crippen LogP contribution in [0.15, 0.2) is 181 Å². The Morgan fingerprint density at radius 1 is 0.593 bits per heavy atom. The van der Waals surface area contributed by atoms with E-state index in [2.05, 4.69) is 159 Å². The number of thiophene rings is 1. The molecule has 2 heterocycles. The lowest BCUT2D eigenvalue weighted by molar-refractivity contribution is 0.669. The molecule has 54 heavy (non-hydrogen) atoms. The maximum atomic E-state index is 6.33. The Balaban J connectivity index is 1.20. The quantitative estimate of drug-likeness (QED) is 0.124. The summed E-state index contributed by atoms with van der Waals surface area (Å²) in [6.07, 6.45) is 6.23. The van der Waals surface area contributed by atoms with Crippen molar-refractivity contribution in [3.05, 3.63) is 193 Å². The molecule has 0 unspecified atom stereocenters. The minimum atomic E-state index is 0.926. The van der Waals surface area contributed by atoms with Crippen LogP contribution in [-0.4, -0.2) is 0 Å². The number of para-hydroxylation sites is 1. The molecule has 10 rings (SSSR count). The van der Waals surface area contributed by atoms with Gasteiger partial charge in [-0.25, -0.2) is 0 Å². The Labute approximate surface area is 318 Å². The summed E-state index contributed by atoms with van der Waals surface area (Å²) >= 11 is 1.87. The average molecular weight is 709 g/mol. The highest BCUT2D eigenvalue weighted by Crippen LogP contribution is 2.47. The van der Waals surface area contributed by atoms with Gasteiger partial charge in [0.1, 0.15) is 11.2 Å². The number of rotatable bonds is 6. The molecule has 0 aliphatic carbocycles. The first-order valence-corrected chi connectivity index (χ1v) is 19.2. The number of benzene rings is 8. The maximum absolute atomic E-state index is 6.33. The van der Waals surface area contributed by atoms with E-state index in [9.17, 15) is 0 Å². The molecule has 2 heteroatoms. The predicted octanol–water partition coefficient (Wildman–Crippen LogP) is 15.7. The summed E-state index contributed by atoms with van der Waals surface area (Å²) in [5, 5.41) is 12.2. The number of hydrogen-bond donors (Lipinski definition) is 0. The molecule has 0 fully saturated rings. The molecule has 0 amide bonds. The molecule has 0 spiro atoms. The van der Waals surface area contributed by atoms with Gasteiger partial charge in [0.2, 0.25) is 0 Å². The molecule has 0 aliphatic heterocycles. The van der Waals surface area contributed by atoms with Crippen molar-refractivity contribution >= 4 is 96.9 Å². The van der Waals surface area contributed by atoms with E-state index in [1.807, 2.05) is 30.4 Å². The zero-order valence-corrected chi connectivity index (χ0v) is 31.1. The first kappa shape index (κ1) is 32.2. The molecule has 2 aromatic heterocycles. The number of fused-ring (bicyclic) bond motifs is 11. The van der Waals surface area contributed by atoms with Crippen LogP contribution in [0.25, 0.3) is 96.7 Å². The largest absolute Gasteiger partial charge is 0.456 e. The summed E-state index contributed by atoms with van der Waals surface area (Å²) in [5.41, 5.74) is 10.8. The Morgan fingerprint density at radius 2 is 1.24 bits per heavy atom. The van der Waals surface area contributed by atoms with Crippen molar-refractivity contribution in [1.82, 2.24) is 0 Å². The van der Waals surface area contributed by atoms with E-state index in [4.69, 9.17) is 11.0 Å². The Hall–Kier alpha value is -6.48. The van der Waals surface area contributed by atoms with Crippen LogP contribution in [0, 0.1) is 0 Å². The molecule has 1 nitrogen and oxygen atoms in total. The van der Waals surface area contributed by atoms with Gasteiger partial charge in [0.25, 0.3) is 0 Å². The minimum absolute atomic E-state index is 0.926. The van der Waals surface area contributed by atoms with E-state index < -0.39 is 0 Å². The van der Waals surface area contributed by atoms with Gasteiger partial charge >= 0.3 is 0 Å². The zero-order chi connectivity index (χ0) is 36.5. The first-order chi connectivity index (χ1) is 26.5. The van der Waals surface area contributed by atoms with Gasteiger partial charge in [0.05, 0.1) is 0 Å². The number of allylic oxidation sites excluding steroid dienone is 5. The number of hydrogen-bond acceptors (Lipinski definition) is 2. The molecular formula is C52H36OS. The molecule has 8 aromatic carbocycles. The standard InChI is InChI=1S/C52H36OS/c1-5-6-15-31(2)32(3)36-16-7-8-17-37(36)33(4)48-38-18-9-11-20-40(38)49(41-21-12-10-19-39(41)48)35-26-29-47-44(30-35)42-27-24-34-25-28-46-51(50(34)52(42)54-47)43-22-13-14-23-45(43)53-46/h5-30H,3-4H2,1-2H3/b6-5-,31-15+. The minimum Gasteiger partial charge on any atom is -0.456 e. The summed E-state index contributed by atoms with van der Waals surface area (Å²) in [5.74, 6) is 0. The second-order valence-electron chi connectivity index (χ2n) is 14.1. The fourth-order valence-corrected chi connectivity index (χ4v) is 9.72. The van der Waals surface area contributed by atoms with E-state index in [0.717, 1.165) is 50.0 Å². The fourth-order valence-electron chi connectivity index (χ4n) is 8.47. The molecule has 0 saturated carbocycles. The Bertz CT molecular complexity index is 3210. The van der Waals surface area contributed by atoms with Gasteiger partial charge in [-0.3, -0.25) is 0 Å². The van der Waals surface area contributed by atoms with Crippen LogP contribution < -0.4 is 0 Å². The average Bonchev–Trinajstić information content (AvgIpc) is 3.79. The van der Waals surface area contributed by atoms with Gasteiger partial charge < -0.3 is 4.42 Å². The third-order valence-electron chi connectivity index (χ3n) is 11.1. The first-order valence-electron chi connectivity index (χ1n) is 18.4. The van der Waals surface area contributed by atoms with Crippen molar-refractivity contribution in [3.63, 3.8) is 0 Å². The van der Waals surface area contributed by atoms with Gasteiger partial charge in [-0.1, -0.05) is 147 Å². The van der Waals surface area contributed by atoms with Crippen LogP contribution in [-0.2, 0) is 0 Å². The molecule has 0 bridgehead atoms. The molecule has 256 valence electrons. The van der Waals surface area contributed by atoms with E-state index >= 15 is 0 Å². The predicted molar refractivity (Wildman–Crippen MR) is 237 cm³/mol. The monoisotopic (exact) mass is 708 g/mol. The van der Waals surface area contributed by atoms with E-state index in [-0.39, 0.29) is 0 Å². The van der Waals surface area contributed by atoms with Crippen molar-refractivity contribution in [3.8, 4) is 11.1 Å². The third-order valence-corrected chi connectivity index (χ3v) is 12.3. The number of furan rings is 1. The topological polar surface area (TPSA) is 13.1 Å². The van der Waals surface area contributed by atoms with E-state index in [1.165, 1.54) is 69.0 Å².